The molecule has 1 saturated carbocycles. The number of thiophene rings is 1. The number of hydrogen-bond donors (Lipinski definition) is 2. The number of hydrogen-bond acceptors (Lipinski definition) is 8. The normalized spacial score (nSPS) is 23.9. The van der Waals surface area contributed by atoms with Gasteiger partial charge in [0.1, 0.15) is 6.04 Å². The lowest BCUT2D eigenvalue weighted by Gasteiger charge is -2.43. The van der Waals surface area contributed by atoms with E-state index in [1.807, 2.05) is 17.5 Å². The van der Waals surface area contributed by atoms with Crippen molar-refractivity contribution >= 4 is 40.8 Å². The highest BCUT2D eigenvalue weighted by Gasteiger charge is 2.43. The summed E-state index contributed by atoms with van der Waals surface area (Å²) in [6.45, 7) is 7.58. The molecule has 1 aliphatic carbocycles. The summed E-state index contributed by atoms with van der Waals surface area (Å²) in [5.41, 5.74) is 1.72. The average molecular weight is 804 g/mol. The zero-order chi connectivity index (χ0) is 38.7. The molecular formula is C44H59ClN6O4S. The molecule has 2 atom stereocenters. The number of ether oxygens (including phenoxy) is 1. The van der Waals surface area contributed by atoms with Gasteiger partial charge in [-0.25, -0.2) is 4.79 Å². The third kappa shape index (κ3) is 10.9. The number of amides is 3. The van der Waals surface area contributed by atoms with Gasteiger partial charge in [-0.1, -0.05) is 73.0 Å². The Morgan fingerprint density at radius 1 is 0.857 bits per heavy atom. The molecule has 1 unspecified atom stereocenters. The van der Waals surface area contributed by atoms with Gasteiger partial charge in [0.2, 0.25) is 11.8 Å². The molecule has 3 aromatic rings. The Kier molecular flexibility index (Phi) is 14.4. The minimum absolute atomic E-state index is 0.0401. The summed E-state index contributed by atoms with van der Waals surface area (Å²) in [6.07, 6.45) is 11.6. The number of piperazine rings is 1. The van der Waals surface area contributed by atoms with Gasteiger partial charge in [-0.05, 0) is 119 Å². The lowest BCUT2D eigenvalue weighted by atomic mass is 9.72. The molecule has 1 aromatic heterocycles. The van der Waals surface area contributed by atoms with Crippen LogP contribution in [0.2, 0.25) is 5.02 Å². The van der Waals surface area contributed by atoms with Gasteiger partial charge in [-0.2, -0.15) is 0 Å². The Morgan fingerprint density at radius 2 is 1.64 bits per heavy atom. The number of likely N-dealkylation sites (tertiary alicyclic amines) is 2. The van der Waals surface area contributed by atoms with Crippen molar-refractivity contribution in [3.63, 3.8) is 0 Å². The van der Waals surface area contributed by atoms with Gasteiger partial charge >= 0.3 is 6.09 Å². The number of halogens is 1. The van der Waals surface area contributed by atoms with Crippen molar-refractivity contribution in [3.05, 3.63) is 87.6 Å². The van der Waals surface area contributed by atoms with Crippen LogP contribution in [0.1, 0.15) is 81.1 Å². The molecule has 4 aliphatic rings. The summed E-state index contributed by atoms with van der Waals surface area (Å²) in [7, 11) is 0. The summed E-state index contributed by atoms with van der Waals surface area (Å²) >= 11 is 7.87. The molecule has 0 radical (unpaired) electrons. The number of nitrogens with zero attached hydrogens (tertiary/aromatic N) is 4. The number of unbranched alkanes of at least 4 members (excludes halogenated alkanes) is 1. The van der Waals surface area contributed by atoms with E-state index in [0.717, 1.165) is 76.0 Å². The Labute approximate surface area is 341 Å². The van der Waals surface area contributed by atoms with Crippen molar-refractivity contribution in [2.75, 3.05) is 52.4 Å². The van der Waals surface area contributed by atoms with Crippen LogP contribution in [-0.2, 0) is 22.7 Å². The zero-order valence-corrected chi connectivity index (χ0v) is 34.3. The van der Waals surface area contributed by atoms with Crippen molar-refractivity contribution < 1.29 is 19.1 Å². The smallest absolute Gasteiger partial charge is 0.409 e. The van der Waals surface area contributed by atoms with Crippen LogP contribution in [0, 0.1) is 5.41 Å². The summed E-state index contributed by atoms with van der Waals surface area (Å²) in [5, 5.41) is 9.24. The predicted octanol–water partition coefficient (Wildman–Crippen LogP) is 7.18. The highest BCUT2D eigenvalue weighted by molar-refractivity contribution is 7.09. The number of carbonyl (C=O) groups excluding carboxylic acids is 3. The predicted molar refractivity (Wildman–Crippen MR) is 223 cm³/mol. The first-order chi connectivity index (χ1) is 27.3. The van der Waals surface area contributed by atoms with Gasteiger partial charge in [0.05, 0.1) is 24.2 Å². The van der Waals surface area contributed by atoms with E-state index in [4.69, 9.17) is 16.3 Å². The lowest BCUT2D eigenvalue weighted by Crippen LogP contribution is -2.64. The van der Waals surface area contributed by atoms with Crippen LogP contribution in [0.15, 0.2) is 72.1 Å². The van der Waals surface area contributed by atoms with Gasteiger partial charge in [0.15, 0.2) is 5.75 Å². The Bertz CT molecular complexity index is 1710. The molecule has 1 spiro atoms. The number of rotatable bonds is 14. The van der Waals surface area contributed by atoms with E-state index in [0.29, 0.717) is 17.0 Å². The standard InChI is InChI=1S/C44H59ClN6O4S/c45-37-15-5-6-17-40(37)55-43(54)50-27-28-51(39(32-50)41(52)46-30-36-14-11-29-56-36)42(53)38(16-7-10-25-48-23-8-2-9-24-48)47-35-18-20-44(21-19-35)22-26-49(33-44)31-34-12-3-1-4-13-34/h1,3-6,11-15,17,29,35,38-39,47H,2,7-10,16,18-28,30-33H2,(H,46,52)/t35?,38?,39-,44?/m0/s1. The average Bonchev–Trinajstić information content (AvgIpc) is 3.90. The Hall–Kier alpha value is -3.48. The molecular weight excluding hydrogens is 744 g/mol. The van der Waals surface area contributed by atoms with Gasteiger partial charge in [-0.15, -0.1) is 11.3 Å². The van der Waals surface area contributed by atoms with E-state index in [1.54, 1.807) is 40.5 Å². The first-order valence-electron chi connectivity index (χ1n) is 20.9. The SMILES string of the molecule is O=C(NCc1cccs1)[C@@H]1CN(C(=O)Oc2ccccc2Cl)CCN1C(=O)C(CCCCN1CCCCC1)NC1CCC2(CC1)CCN(Cc1ccccc1)C2. The summed E-state index contributed by atoms with van der Waals surface area (Å²) < 4.78 is 5.67. The second-order valence-electron chi connectivity index (χ2n) is 16.4. The summed E-state index contributed by atoms with van der Waals surface area (Å²) in [6, 6.07) is 20.6. The van der Waals surface area contributed by atoms with Crippen molar-refractivity contribution in [1.82, 2.24) is 30.2 Å². The molecule has 4 fully saturated rings. The van der Waals surface area contributed by atoms with Crippen molar-refractivity contribution in [2.45, 2.75) is 102 Å². The highest BCUT2D eigenvalue weighted by Crippen LogP contribution is 2.44. The van der Waals surface area contributed by atoms with Crippen LogP contribution in [0.4, 0.5) is 4.79 Å². The number of nitrogens with one attached hydrogen (secondary N) is 2. The molecule has 3 amide bonds. The number of carbonyl (C=O) groups is 3. The van der Waals surface area contributed by atoms with Crippen molar-refractivity contribution in [1.29, 1.82) is 0 Å². The van der Waals surface area contributed by atoms with Crippen LogP contribution < -0.4 is 15.4 Å². The number of para-hydroxylation sites is 1. The first kappa shape index (κ1) is 40.7. The third-order valence-corrected chi connectivity index (χ3v) is 13.7. The maximum absolute atomic E-state index is 14.8. The van der Waals surface area contributed by atoms with E-state index in [9.17, 15) is 14.4 Å². The fraction of sp³-hybridized carbons (Fsp3) is 0.568. The number of benzene rings is 2. The maximum Gasteiger partial charge on any atom is 0.415 e. The topological polar surface area (TPSA) is 97.5 Å². The quantitative estimate of drug-likeness (QED) is 0.167. The van der Waals surface area contributed by atoms with Gasteiger partial charge in [0, 0.05) is 37.1 Å². The van der Waals surface area contributed by atoms with Crippen LogP contribution in [0.5, 0.6) is 5.75 Å². The molecule has 4 heterocycles. The molecule has 3 saturated heterocycles. The van der Waals surface area contributed by atoms with E-state index >= 15 is 0 Å². The highest BCUT2D eigenvalue weighted by atomic mass is 35.5. The minimum Gasteiger partial charge on any atom is -0.409 e. The van der Waals surface area contributed by atoms with Crippen molar-refractivity contribution in [2.24, 2.45) is 5.41 Å². The minimum atomic E-state index is -0.851. The molecule has 0 bridgehead atoms. The third-order valence-electron chi connectivity index (χ3n) is 12.5. The van der Waals surface area contributed by atoms with E-state index in [2.05, 4.69) is 50.8 Å². The molecule has 3 aliphatic heterocycles. The van der Waals surface area contributed by atoms with Crippen LogP contribution in [-0.4, -0.2) is 108 Å². The fourth-order valence-corrected chi connectivity index (χ4v) is 10.1. The summed E-state index contributed by atoms with van der Waals surface area (Å²) in [4.78, 5) is 51.7. The van der Waals surface area contributed by atoms with Crippen molar-refractivity contribution in [3.8, 4) is 5.75 Å². The van der Waals surface area contributed by atoms with E-state index < -0.39 is 18.2 Å². The van der Waals surface area contributed by atoms with Crippen LogP contribution >= 0.6 is 22.9 Å². The van der Waals surface area contributed by atoms with E-state index in [1.165, 1.54) is 49.2 Å². The Balaban J connectivity index is 1.02. The van der Waals surface area contributed by atoms with Crippen LogP contribution in [0.25, 0.3) is 0 Å². The molecule has 56 heavy (non-hydrogen) atoms. The van der Waals surface area contributed by atoms with Gasteiger partial charge in [0.25, 0.3) is 0 Å². The molecule has 2 aromatic carbocycles. The Morgan fingerprint density at radius 3 is 2.41 bits per heavy atom. The summed E-state index contributed by atoms with van der Waals surface area (Å²) in [5.74, 6) is -0.0544. The van der Waals surface area contributed by atoms with Gasteiger partial charge < -0.3 is 30.1 Å². The second kappa shape index (κ2) is 19.8. The lowest BCUT2D eigenvalue weighted by molar-refractivity contribution is -0.145. The number of piperidine rings is 1. The van der Waals surface area contributed by atoms with Gasteiger partial charge in [-0.3, -0.25) is 14.5 Å². The largest absolute Gasteiger partial charge is 0.415 e. The molecule has 12 heteroatoms. The second-order valence-corrected chi connectivity index (χ2v) is 17.9. The molecule has 302 valence electrons. The molecule has 10 nitrogen and oxygen atoms in total. The van der Waals surface area contributed by atoms with Crippen LogP contribution in [0.3, 0.4) is 0 Å². The fourth-order valence-electron chi connectivity index (χ4n) is 9.27. The molecule has 2 N–H and O–H groups in total. The van der Waals surface area contributed by atoms with E-state index in [-0.39, 0.29) is 43.2 Å². The molecule has 7 rings (SSSR count). The monoisotopic (exact) mass is 802 g/mol. The zero-order valence-electron chi connectivity index (χ0n) is 32.7. The maximum atomic E-state index is 14.8. The first-order valence-corrected chi connectivity index (χ1v) is 22.2.